The van der Waals surface area contributed by atoms with Crippen LogP contribution in [0.5, 0.6) is 0 Å². The summed E-state index contributed by atoms with van der Waals surface area (Å²) in [4.78, 5) is 27.9. The molecule has 7 nitrogen and oxygen atoms in total. The van der Waals surface area contributed by atoms with Gasteiger partial charge in [-0.25, -0.2) is 4.79 Å². The summed E-state index contributed by atoms with van der Waals surface area (Å²) in [5, 5.41) is 16.8. The van der Waals surface area contributed by atoms with Crippen LogP contribution < -0.4 is 10.6 Å². The Bertz CT molecular complexity index is 691. The molecule has 154 valence electrons. The zero-order chi connectivity index (χ0) is 20.1. The summed E-state index contributed by atoms with van der Waals surface area (Å²) >= 11 is 0. The van der Waals surface area contributed by atoms with Gasteiger partial charge in [-0.2, -0.15) is 0 Å². The molecule has 2 aliphatic heterocycles. The molecule has 2 fully saturated rings. The Hall–Kier alpha value is -2.12. The van der Waals surface area contributed by atoms with Gasteiger partial charge in [-0.15, -0.1) is 0 Å². The van der Waals surface area contributed by atoms with Crippen LogP contribution in [0.2, 0.25) is 0 Å². The third-order valence-electron chi connectivity index (χ3n) is 5.64. The van der Waals surface area contributed by atoms with E-state index in [0.29, 0.717) is 51.6 Å². The average Bonchev–Trinajstić information content (AvgIpc) is 3.08. The number of likely N-dealkylation sites (tertiary alicyclic amines) is 1. The van der Waals surface area contributed by atoms with E-state index in [0.717, 1.165) is 12.0 Å². The summed E-state index contributed by atoms with van der Waals surface area (Å²) < 4.78 is 0. The van der Waals surface area contributed by atoms with Crippen molar-refractivity contribution in [1.82, 2.24) is 20.4 Å². The van der Waals surface area contributed by atoms with E-state index >= 15 is 0 Å². The molecular formula is C21H32N4O3. The monoisotopic (exact) mass is 388 g/mol. The van der Waals surface area contributed by atoms with Crippen molar-refractivity contribution < 1.29 is 14.7 Å². The minimum Gasteiger partial charge on any atom is -0.379 e. The zero-order valence-corrected chi connectivity index (χ0v) is 16.9. The molecule has 0 unspecified atom stereocenters. The van der Waals surface area contributed by atoms with Crippen LogP contribution in [0.3, 0.4) is 0 Å². The fraction of sp³-hybridized carbons (Fsp3) is 0.619. The summed E-state index contributed by atoms with van der Waals surface area (Å²) in [5.74, 6) is 0.270. The Morgan fingerprint density at radius 3 is 2.57 bits per heavy atom. The minimum absolute atomic E-state index is 0.0519. The Morgan fingerprint density at radius 2 is 1.93 bits per heavy atom. The van der Waals surface area contributed by atoms with Gasteiger partial charge < -0.3 is 25.5 Å². The van der Waals surface area contributed by atoms with Gasteiger partial charge in [0, 0.05) is 45.8 Å². The van der Waals surface area contributed by atoms with Crippen molar-refractivity contribution in [3.05, 3.63) is 35.4 Å². The lowest BCUT2D eigenvalue weighted by atomic mass is 9.91. The second kappa shape index (κ2) is 8.92. The number of piperidine rings is 1. The van der Waals surface area contributed by atoms with Gasteiger partial charge in [0.2, 0.25) is 0 Å². The van der Waals surface area contributed by atoms with Crippen LogP contribution in [0.25, 0.3) is 0 Å². The third kappa shape index (κ3) is 4.83. The van der Waals surface area contributed by atoms with Gasteiger partial charge in [0.1, 0.15) is 0 Å². The van der Waals surface area contributed by atoms with E-state index < -0.39 is 5.60 Å². The molecule has 3 amide bonds. The smallest absolute Gasteiger partial charge is 0.317 e. The van der Waals surface area contributed by atoms with Gasteiger partial charge >= 0.3 is 6.03 Å². The normalized spacial score (nSPS) is 22.9. The molecule has 0 spiro atoms. The van der Waals surface area contributed by atoms with Crippen LogP contribution >= 0.6 is 0 Å². The number of carbonyl (C=O) groups excluding carboxylic acids is 2. The Kier molecular flexibility index (Phi) is 6.57. The van der Waals surface area contributed by atoms with Crippen LogP contribution in [0.1, 0.15) is 43.7 Å². The third-order valence-corrected chi connectivity index (χ3v) is 5.64. The molecular weight excluding hydrogens is 356 g/mol. The lowest BCUT2D eigenvalue weighted by Gasteiger charge is -2.38. The molecule has 1 aromatic rings. The number of hydrogen-bond donors (Lipinski definition) is 3. The first-order valence-electron chi connectivity index (χ1n) is 10.2. The molecule has 0 saturated carbocycles. The molecule has 28 heavy (non-hydrogen) atoms. The maximum Gasteiger partial charge on any atom is 0.317 e. The predicted molar refractivity (Wildman–Crippen MR) is 108 cm³/mol. The van der Waals surface area contributed by atoms with E-state index in [9.17, 15) is 14.7 Å². The number of nitrogens with one attached hydrogen (secondary N) is 2. The van der Waals surface area contributed by atoms with Crippen LogP contribution in [0.4, 0.5) is 4.79 Å². The summed E-state index contributed by atoms with van der Waals surface area (Å²) in [6, 6.07) is 8.29. The molecule has 3 rings (SSSR count). The molecule has 2 aliphatic rings. The van der Waals surface area contributed by atoms with E-state index in [1.54, 1.807) is 9.80 Å². The van der Waals surface area contributed by atoms with Crippen molar-refractivity contribution in [2.24, 2.45) is 0 Å². The maximum absolute atomic E-state index is 12.9. The molecule has 2 saturated heterocycles. The molecule has 1 aromatic carbocycles. The molecule has 0 radical (unpaired) electrons. The molecule has 2 heterocycles. The van der Waals surface area contributed by atoms with Crippen molar-refractivity contribution in [3.8, 4) is 0 Å². The lowest BCUT2D eigenvalue weighted by molar-refractivity contribution is -0.157. The predicted octanol–water partition coefficient (Wildman–Crippen LogP) is 1.28. The van der Waals surface area contributed by atoms with Gasteiger partial charge in [0.05, 0.1) is 0 Å². The quantitative estimate of drug-likeness (QED) is 0.586. The number of nitrogens with zero attached hydrogens (tertiary/aromatic N) is 2. The van der Waals surface area contributed by atoms with Crippen molar-refractivity contribution in [2.75, 3.05) is 39.3 Å². The number of benzene rings is 1. The topological polar surface area (TPSA) is 84.9 Å². The second-order valence-electron chi connectivity index (χ2n) is 8.15. The summed E-state index contributed by atoms with van der Waals surface area (Å²) in [7, 11) is 0. The van der Waals surface area contributed by atoms with E-state index in [1.165, 1.54) is 5.56 Å². The fourth-order valence-electron chi connectivity index (χ4n) is 3.84. The SMILES string of the molecule is CC(C)c1ccc(CN2CCC[C@@](O)(CNCCN3CCNC3=O)C2=O)cc1. The highest BCUT2D eigenvalue weighted by molar-refractivity contribution is 5.86. The Morgan fingerprint density at radius 1 is 1.18 bits per heavy atom. The molecule has 1 atom stereocenters. The highest BCUT2D eigenvalue weighted by Crippen LogP contribution is 2.24. The zero-order valence-electron chi connectivity index (χ0n) is 16.9. The fourth-order valence-corrected chi connectivity index (χ4v) is 3.84. The van der Waals surface area contributed by atoms with Gasteiger partial charge in [0.15, 0.2) is 5.60 Å². The van der Waals surface area contributed by atoms with Gasteiger partial charge in [-0.05, 0) is 29.9 Å². The standard InChI is InChI=1S/C21H32N4O3/c1-16(2)18-6-4-17(5-7-18)14-25-11-3-8-21(28,19(25)26)15-22-9-12-24-13-10-23-20(24)27/h4-7,16,22,28H,3,8-15H2,1-2H3,(H,23,27)/t21-/m1/s1. The minimum atomic E-state index is -1.37. The van der Waals surface area contributed by atoms with Gasteiger partial charge in [0.25, 0.3) is 5.91 Å². The molecule has 7 heteroatoms. The summed E-state index contributed by atoms with van der Waals surface area (Å²) in [6.45, 7) is 8.22. The van der Waals surface area contributed by atoms with Crippen molar-refractivity contribution in [3.63, 3.8) is 0 Å². The van der Waals surface area contributed by atoms with Crippen molar-refractivity contribution >= 4 is 11.9 Å². The molecule has 0 aliphatic carbocycles. The summed E-state index contributed by atoms with van der Waals surface area (Å²) in [5.41, 5.74) is 0.986. The van der Waals surface area contributed by atoms with Crippen LogP contribution in [-0.2, 0) is 11.3 Å². The maximum atomic E-state index is 12.9. The molecule has 0 bridgehead atoms. The van der Waals surface area contributed by atoms with E-state index in [2.05, 4.69) is 48.7 Å². The first kappa shape index (κ1) is 20.6. The van der Waals surface area contributed by atoms with Crippen LogP contribution in [-0.4, -0.2) is 71.7 Å². The Labute approximate surface area is 167 Å². The number of urea groups is 1. The first-order valence-corrected chi connectivity index (χ1v) is 10.2. The van der Waals surface area contributed by atoms with E-state index in [1.807, 2.05) is 0 Å². The Balaban J connectivity index is 1.51. The number of carbonyl (C=O) groups is 2. The number of aliphatic hydroxyl groups is 1. The van der Waals surface area contributed by atoms with Crippen LogP contribution in [0.15, 0.2) is 24.3 Å². The summed E-state index contributed by atoms with van der Waals surface area (Å²) in [6.07, 6.45) is 1.24. The van der Waals surface area contributed by atoms with Gasteiger partial charge in [-0.1, -0.05) is 38.1 Å². The highest BCUT2D eigenvalue weighted by Gasteiger charge is 2.41. The molecule has 3 N–H and O–H groups in total. The van der Waals surface area contributed by atoms with E-state index in [-0.39, 0.29) is 18.5 Å². The van der Waals surface area contributed by atoms with Crippen molar-refractivity contribution in [1.29, 1.82) is 0 Å². The average molecular weight is 389 g/mol. The number of amides is 3. The lowest BCUT2D eigenvalue weighted by Crippen LogP contribution is -2.58. The van der Waals surface area contributed by atoms with Crippen molar-refractivity contribution in [2.45, 2.75) is 44.8 Å². The largest absolute Gasteiger partial charge is 0.379 e. The molecule has 0 aromatic heterocycles. The second-order valence-corrected chi connectivity index (χ2v) is 8.15. The number of hydrogen-bond acceptors (Lipinski definition) is 4. The highest BCUT2D eigenvalue weighted by atomic mass is 16.3. The first-order chi connectivity index (χ1) is 13.4. The van der Waals surface area contributed by atoms with E-state index in [4.69, 9.17) is 0 Å². The van der Waals surface area contributed by atoms with Crippen LogP contribution in [0, 0.1) is 0 Å². The number of rotatable bonds is 8. The van der Waals surface area contributed by atoms with Gasteiger partial charge in [-0.3, -0.25) is 4.79 Å².